The van der Waals surface area contributed by atoms with Gasteiger partial charge in [-0.25, -0.2) is 4.98 Å². The first-order valence-electron chi connectivity index (χ1n) is 7.19. The van der Waals surface area contributed by atoms with E-state index in [1.165, 1.54) is 5.56 Å². The lowest BCUT2D eigenvalue weighted by atomic mass is 10.2. The summed E-state index contributed by atoms with van der Waals surface area (Å²) in [5, 5.41) is 3.74. The van der Waals surface area contributed by atoms with Crippen LogP contribution in [0.4, 0.5) is 11.6 Å². The van der Waals surface area contributed by atoms with E-state index in [0.29, 0.717) is 16.9 Å². The van der Waals surface area contributed by atoms with Crippen molar-refractivity contribution in [2.75, 3.05) is 11.1 Å². The number of nitrogens with zero attached hydrogens (tertiary/aromatic N) is 1. The minimum absolute atomic E-state index is 0.135. The molecule has 0 unspecified atom stereocenters. The Bertz CT molecular complexity index is 827. The van der Waals surface area contributed by atoms with Gasteiger partial charge >= 0.3 is 0 Å². The number of H-pyrrole nitrogens is 1. The second-order valence-corrected chi connectivity index (χ2v) is 6.17. The molecule has 0 saturated carbocycles. The van der Waals surface area contributed by atoms with Crippen LogP contribution in [0, 0.1) is 0 Å². The van der Waals surface area contributed by atoms with Gasteiger partial charge in [0.05, 0.1) is 10.9 Å². The molecule has 1 aromatic heterocycles. The number of hydrogen-bond donors (Lipinski definition) is 2. The van der Waals surface area contributed by atoms with Crippen molar-refractivity contribution in [2.45, 2.75) is 12.7 Å². The van der Waals surface area contributed by atoms with E-state index in [9.17, 15) is 4.79 Å². The zero-order valence-corrected chi connectivity index (χ0v) is 13.1. The summed E-state index contributed by atoms with van der Waals surface area (Å²) in [4.78, 5) is 19.2. The van der Waals surface area contributed by atoms with Gasteiger partial charge in [-0.3, -0.25) is 9.78 Å². The van der Waals surface area contributed by atoms with Crippen molar-refractivity contribution in [3.63, 3.8) is 0 Å². The van der Waals surface area contributed by atoms with Crippen molar-refractivity contribution in [3.05, 3.63) is 64.4 Å². The third-order valence-corrected chi connectivity index (χ3v) is 4.25. The van der Waals surface area contributed by atoms with E-state index >= 15 is 0 Å². The van der Waals surface area contributed by atoms with Crippen LogP contribution in [0.15, 0.2) is 53.3 Å². The van der Waals surface area contributed by atoms with Crippen LogP contribution in [-0.4, -0.2) is 15.7 Å². The van der Waals surface area contributed by atoms with Gasteiger partial charge in [0.25, 0.3) is 5.56 Å². The largest absolute Gasteiger partial charge is 0.326 e. The van der Waals surface area contributed by atoms with Crippen LogP contribution in [0.3, 0.4) is 0 Å². The molecule has 2 N–H and O–H groups in total. The maximum atomic E-state index is 12.0. The van der Waals surface area contributed by atoms with Gasteiger partial charge in [-0.2, -0.15) is 11.8 Å². The van der Waals surface area contributed by atoms with E-state index in [2.05, 4.69) is 34.3 Å². The second-order valence-electron chi connectivity index (χ2n) is 4.89. The highest BCUT2D eigenvalue weighted by atomic mass is 32.2. The van der Waals surface area contributed by atoms with E-state index < -0.39 is 0 Å². The lowest BCUT2D eigenvalue weighted by molar-refractivity contribution is 1.17. The number of thioether (sulfide) groups is 1. The standard InChI is InChI=1S/C17H17N3OS/c1-2-22-11-12-7-9-13(10-8-12)18-17-19-15-6-4-3-5-14(15)16(21)20-17/h3-10H,2,11H2,1H3,(H2,18,19,20,21). The number of hydrogen-bond acceptors (Lipinski definition) is 4. The molecule has 5 heteroatoms. The molecule has 0 spiro atoms. The number of aromatic amines is 1. The number of rotatable bonds is 5. The Kier molecular flexibility index (Phi) is 4.44. The molecule has 0 aliphatic rings. The van der Waals surface area contributed by atoms with Gasteiger partial charge in [-0.15, -0.1) is 0 Å². The highest BCUT2D eigenvalue weighted by Gasteiger charge is 2.03. The monoisotopic (exact) mass is 311 g/mol. The van der Waals surface area contributed by atoms with Gasteiger partial charge in [0.2, 0.25) is 5.95 Å². The summed E-state index contributed by atoms with van der Waals surface area (Å²) in [6.07, 6.45) is 0. The molecule has 4 nitrogen and oxygen atoms in total. The van der Waals surface area contributed by atoms with Gasteiger partial charge in [0.1, 0.15) is 0 Å². The average molecular weight is 311 g/mol. The molecular weight excluding hydrogens is 294 g/mol. The molecular formula is C17H17N3OS. The fraction of sp³-hybridized carbons (Fsp3) is 0.176. The third kappa shape index (κ3) is 3.31. The van der Waals surface area contributed by atoms with Crippen molar-refractivity contribution >= 4 is 34.3 Å². The van der Waals surface area contributed by atoms with Crippen LogP contribution in [-0.2, 0) is 5.75 Å². The van der Waals surface area contributed by atoms with E-state index in [4.69, 9.17) is 0 Å². The van der Waals surface area contributed by atoms with Crippen LogP contribution < -0.4 is 10.9 Å². The minimum atomic E-state index is -0.135. The van der Waals surface area contributed by atoms with Crippen molar-refractivity contribution < 1.29 is 0 Å². The summed E-state index contributed by atoms with van der Waals surface area (Å²) in [6, 6.07) is 15.5. The zero-order valence-electron chi connectivity index (χ0n) is 12.3. The molecule has 0 fully saturated rings. The van der Waals surface area contributed by atoms with E-state index in [1.54, 1.807) is 6.07 Å². The maximum absolute atomic E-state index is 12.0. The molecule has 0 radical (unpaired) electrons. The summed E-state index contributed by atoms with van der Waals surface area (Å²) in [7, 11) is 0. The van der Waals surface area contributed by atoms with Crippen molar-refractivity contribution in [2.24, 2.45) is 0 Å². The molecule has 2 aromatic carbocycles. The van der Waals surface area contributed by atoms with Crippen LogP contribution >= 0.6 is 11.8 Å². The molecule has 22 heavy (non-hydrogen) atoms. The number of anilines is 2. The van der Waals surface area contributed by atoms with E-state index in [0.717, 1.165) is 17.2 Å². The summed E-state index contributed by atoms with van der Waals surface area (Å²) < 4.78 is 0. The quantitative estimate of drug-likeness (QED) is 0.750. The molecule has 0 aliphatic carbocycles. The van der Waals surface area contributed by atoms with Crippen LogP contribution in [0.5, 0.6) is 0 Å². The van der Waals surface area contributed by atoms with Crippen LogP contribution in [0.25, 0.3) is 10.9 Å². The van der Waals surface area contributed by atoms with Crippen LogP contribution in [0.1, 0.15) is 12.5 Å². The van der Waals surface area contributed by atoms with E-state index in [1.807, 2.05) is 42.1 Å². The fourth-order valence-corrected chi connectivity index (χ4v) is 2.82. The van der Waals surface area contributed by atoms with Crippen molar-refractivity contribution in [1.29, 1.82) is 0 Å². The number of nitrogens with one attached hydrogen (secondary N) is 2. The Balaban J connectivity index is 1.82. The molecule has 0 bridgehead atoms. The van der Waals surface area contributed by atoms with Gasteiger partial charge in [0.15, 0.2) is 0 Å². The van der Waals surface area contributed by atoms with Crippen LogP contribution in [0.2, 0.25) is 0 Å². The molecule has 0 amide bonds. The smallest absolute Gasteiger partial charge is 0.260 e. The molecule has 0 atom stereocenters. The Hall–Kier alpha value is -2.27. The summed E-state index contributed by atoms with van der Waals surface area (Å²) in [5.74, 6) is 2.59. The topological polar surface area (TPSA) is 57.8 Å². The first kappa shape index (κ1) is 14.7. The fourth-order valence-electron chi connectivity index (χ4n) is 2.19. The molecule has 1 heterocycles. The summed E-state index contributed by atoms with van der Waals surface area (Å²) in [6.45, 7) is 2.16. The Labute approximate surface area is 133 Å². The lowest BCUT2D eigenvalue weighted by Crippen LogP contribution is -2.11. The minimum Gasteiger partial charge on any atom is -0.326 e. The van der Waals surface area contributed by atoms with Crippen molar-refractivity contribution in [1.82, 2.24) is 9.97 Å². The molecule has 3 rings (SSSR count). The summed E-state index contributed by atoms with van der Waals surface area (Å²) >= 11 is 1.89. The predicted molar refractivity (Wildman–Crippen MR) is 93.9 cm³/mol. The average Bonchev–Trinajstić information content (AvgIpc) is 2.54. The zero-order chi connectivity index (χ0) is 15.4. The Morgan fingerprint density at radius 3 is 2.68 bits per heavy atom. The molecule has 112 valence electrons. The second kappa shape index (κ2) is 6.66. The Morgan fingerprint density at radius 2 is 1.91 bits per heavy atom. The predicted octanol–water partition coefficient (Wildman–Crippen LogP) is 3.92. The molecule has 3 aromatic rings. The highest BCUT2D eigenvalue weighted by Crippen LogP contribution is 2.17. The first-order valence-corrected chi connectivity index (χ1v) is 8.34. The van der Waals surface area contributed by atoms with Gasteiger partial charge in [-0.1, -0.05) is 31.2 Å². The third-order valence-electron chi connectivity index (χ3n) is 3.30. The normalized spacial score (nSPS) is 10.8. The highest BCUT2D eigenvalue weighted by molar-refractivity contribution is 7.98. The number of fused-ring (bicyclic) bond motifs is 1. The van der Waals surface area contributed by atoms with Crippen molar-refractivity contribution in [3.8, 4) is 0 Å². The number of benzene rings is 2. The summed E-state index contributed by atoms with van der Waals surface area (Å²) in [5.41, 5.74) is 2.75. The van der Waals surface area contributed by atoms with Gasteiger partial charge < -0.3 is 5.32 Å². The van der Waals surface area contributed by atoms with E-state index in [-0.39, 0.29) is 5.56 Å². The number of para-hydroxylation sites is 1. The molecule has 0 aliphatic heterocycles. The Morgan fingerprint density at radius 1 is 1.14 bits per heavy atom. The SMILES string of the molecule is CCSCc1ccc(Nc2nc3ccccc3c(=O)[nH]2)cc1. The van der Waals surface area contributed by atoms with Gasteiger partial charge in [0, 0.05) is 11.4 Å². The van der Waals surface area contributed by atoms with Gasteiger partial charge in [-0.05, 0) is 35.6 Å². The maximum Gasteiger partial charge on any atom is 0.260 e. The molecule has 0 saturated heterocycles. The lowest BCUT2D eigenvalue weighted by Gasteiger charge is -2.07. The first-order chi connectivity index (χ1) is 10.8. The number of aromatic nitrogens is 2.